The summed E-state index contributed by atoms with van der Waals surface area (Å²) in [4.78, 5) is 30.8. The number of alkyl halides is 1. The first kappa shape index (κ1) is 17.9. The van der Waals surface area contributed by atoms with E-state index in [2.05, 4.69) is 0 Å². The Morgan fingerprint density at radius 2 is 1.84 bits per heavy atom. The molecule has 1 saturated heterocycles. The number of hydrogen-bond donors (Lipinski definition) is 0. The van der Waals surface area contributed by atoms with Crippen LogP contribution in [0, 0.1) is 0 Å². The van der Waals surface area contributed by atoms with Crippen molar-refractivity contribution in [3.8, 4) is 0 Å². The zero-order chi connectivity index (χ0) is 18.1. The summed E-state index contributed by atoms with van der Waals surface area (Å²) in [5.74, 6) is -0.0172. The SMILES string of the molecule is CCN1CC(F)CCC1C(=O)N1C[C@H](C)N(C(C)=O)c2ccccc21. The number of carbonyl (C=O) groups is 2. The highest BCUT2D eigenvalue weighted by atomic mass is 19.1. The molecule has 0 radical (unpaired) electrons. The van der Waals surface area contributed by atoms with E-state index >= 15 is 0 Å². The lowest BCUT2D eigenvalue weighted by molar-refractivity contribution is -0.126. The molecule has 1 fully saturated rings. The highest BCUT2D eigenvalue weighted by molar-refractivity contribution is 6.05. The minimum absolute atomic E-state index is 0.0104. The molecule has 2 amide bonds. The molecule has 6 heteroatoms. The molecule has 0 bridgehead atoms. The fourth-order valence-electron chi connectivity index (χ4n) is 4.07. The maximum atomic E-state index is 13.7. The number of para-hydroxylation sites is 2. The van der Waals surface area contributed by atoms with Crippen LogP contribution in [0.3, 0.4) is 0 Å². The minimum Gasteiger partial charge on any atom is -0.307 e. The molecule has 2 unspecified atom stereocenters. The highest BCUT2D eigenvalue weighted by Gasteiger charge is 2.39. The van der Waals surface area contributed by atoms with Gasteiger partial charge in [0.15, 0.2) is 0 Å². The summed E-state index contributed by atoms with van der Waals surface area (Å²) in [5.41, 5.74) is 1.53. The van der Waals surface area contributed by atoms with Crippen LogP contribution in [-0.2, 0) is 9.59 Å². The van der Waals surface area contributed by atoms with Crippen LogP contribution >= 0.6 is 0 Å². The maximum absolute atomic E-state index is 13.7. The highest BCUT2D eigenvalue weighted by Crippen LogP contribution is 2.36. The van der Waals surface area contributed by atoms with Gasteiger partial charge in [-0.25, -0.2) is 4.39 Å². The third-order valence-corrected chi connectivity index (χ3v) is 5.24. The van der Waals surface area contributed by atoms with E-state index in [1.165, 1.54) is 0 Å². The van der Waals surface area contributed by atoms with Crippen LogP contribution in [0.1, 0.15) is 33.6 Å². The zero-order valence-corrected chi connectivity index (χ0v) is 15.1. The van der Waals surface area contributed by atoms with Gasteiger partial charge in [-0.15, -0.1) is 0 Å². The van der Waals surface area contributed by atoms with Gasteiger partial charge < -0.3 is 9.80 Å². The van der Waals surface area contributed by atoms with Gasteiger partial charge in [-0.05, 0) is 38.4 Å². The molecule has 2 heterocycles. The molecule has 0 N–H and O–H groups in total. The maximum Gasteiger partial charge on any atom is 0.244 e. The van der Waals surface area contributed by atoms with E-state index in [4.69, 9.17) is 0 Å². The summed E-state index contributed by atoms with van der Waals surface area (Å²) >= 11 is 0. The number of likely N-dealkylation sites (N-methyl/N-ethyl adjacent to an activating group) is 1. The van der Waals surface area contributed by atoms with Crippen molar-refractivity contribution in [2.75, 3.05) is 29.4 Å². The quantitative estimate of drug-likeness (QED) is 0.826. The van der Waals surface area contributed by atoms with Gasteiger partial charge in [0.1, 0.15) is 6.17 Å². The molecule has 1 aromatic rings. The third kappa shape index (κ3) is 3.27. The van der Waals surface area contributed by atoms with Gasteiger partial charge in [-0.3, -0.25) is 14.5 Å². The third-order valence-electron chi connectivity index (χ3n) is 5.24. The second kappa shape index (κ2) is 7.12. The van der Waals surface area contributed by atoms with Crippen LogP contribution in [-0.4, -0.2) is 54.6 Å². The van der Waals surface area contributed by atoms with Crippen LogP contribution in [0.2, 0.25) is 0 Å². The van der Waals surface area contributed by atoms with Crippen LogP contribution < -0.4 is 9.80 Å². The normalized spacial score (nSPS) is 27.1. The zero-order valence-electron chi connectivity index (χ0n) is 15.1. The average molecular weight is 347 g/mol. The van der Waals surface area contributed by atoms with Crippen molar-refractivity contribution in [1.29, 1.82) is 0 Å². The molecule has 3 rings (SSSR count). The molecule has 136 valence electrons. The number of benzene rings is 1. The van der Waals surface area contributed by atoms with Crippen LogP contribution in [0.4, 0.5) is 15.8 Å². The smallest absolute Gasteiger partial charge is 0.244 e. The molecule has 0 spiro atoms. The van der Waals surface area contributed by atoms with E-state index in [1.54, 1.807) is 16.7 Å². The fraction of sp³-hybridized carbons (Fsp3) is 0.579. The summed E-state index contributed by atoms with van der Waals surface area (Å²) in [6.45, 7) is 6.89. The van der Waals surface area contributed by atoms with Crippen molar-refractivity contribution in [2.45, 2.75) is 51.9 Å². The molecule has 3 atom stereocenters. The number of halogens is 1. The Morgan fingerprint density at radius 3 is 2.48 bits per heavy atom. The molecule has 25 heavy (non-hydrogen) atoms. The van der Waals surface area contributed by atoms with Crippen molar-refractivity contribution in [1.82, 2.24) is 4.90 Å². The molecular weight excluding hydrogens is 321 g/mol. The molecule has 0 aliphatic carbocycles. The number of amides is 2. The van der Waals surface area contributed by atoms with Gasteiger partial charge in [0, 0.05) is 20.0 Å². The summed E-state index contributed by atoms with van der Waals surface area (Å²) in [6.07, 6.45) is 0.110. The summed E-state index contributed by atoms with van der Waals surface area (Å²) in [5, 5.41) is 0. The summed E-state index contributed by atoms with van der Waals surface area (Å²) in [7, 11) is 0. The summed E-state index contributed by atoms with van der Waals surface area (Å²) < 4.78 is 13.7. The number of likely N-dealkylation sites (tertiary alicyclic amines) is 1. The van der Waals surface area contributed by atoms with Gasteiger partial charge in [0.25, 0.3) is 0 Å². The van der Waals surface area contributed by atoms with Crippen molar-refractivity contribution >= 4 is 23.2 Å². The molecular formula is C19H26FN3O2. The average Bonchev–Trinajstić information content (AvgIpc) is 2.59. The number of anilines is 2. The Kier molecular flexibility index (Phi) is 5.08. The lowest BCUT2D eigenvalue weighted by atomic mass is 9.98. The van der Waals surface area contributed by atoms with Crippen molar-refractivity contribution in [3.05, 3.63) is 24.3 Å². The van der Waals surface area contributed by atoms with Crippen molar-refractivity contribution in [3.63, 3.8) is 0 Å². The van der Waals surface area contributed by atoms with Gasteiger partial charge in [-0.2, -0.15) is 0 Å². The van der Waals surface area contributed by atoms with Gasteiger partial charge >= 0.3 is 0 Å². The second-order valence-electron chi connectivity index (χ2n) is 6.95. The topological polar surface area (TPSA) is 43.9 Å². The molecule has 2 aliphatic rings. The predicted octanol–water partition coefficient (Wildman–Crippen LogP) is 2.60. The van der Waals surface area contributed by atoms with E-state index in [-0.39, 0.29) is 23.9 Å². The van der Waals surface area contributed by atoms with Gasteiger partial charge in [-0.1, -0.05) is 19.1 Å². The molecule has 5 nitrogen and oxygen atoms in total. The monoisotopic (exact) mass is 347 g/mol. The molecule has 2 aliphatic heterocycles. The Labute approximate surface area is 148 Å². The van der Waals surface area contributed by atoms with Crippen molar-refractivity contribution < 1.29 is 14.0 Å². The fourth-order valence-corrected chi connectivity index (χ4v) is 4.07. The Balaban J connectivity index is 1.93. The van der Waals surface area contributed by atoms with Gasteiger partial charge in [0.05, 0.1) is 23.5 Å². The van der Waals surface area contributed by atoms with Crippen LogP contribution in [0.15, 0.2) is 24.3 Å². The first-order valence-electron chi connectivity index (χ1n) is 9.02. The van der Waals surface area contributed by atoms with Crippen molar-refractivity contribution in [2.24, 2.45) is 0 Å². The largest absolute Gasteiger partial charge is 0.307 e. The number of hydrogen-bond acceptors (Lipinski definition) is 3. The Hall–Kier alpha value is -1.95. The lowest BCUT2D eigenvalue weighted by Gasteiger charge is -2.44. The van der Waals surface area contributed by atoms with E-state index < -0.39 is 6.17 Å². The number of nitrogens with zero attached hydrogens (tertiary/aromatic N) is 3. The number of rotatable bonds is 2. The molecule has 0 aromatic heterocycles. The van der Waals surface area contributed by atoms with Crippen LogP contribution in [0.5, 0.6) is 0 Å². The summed E-state index contributed by atoms with van der Waals surface area (Å²) in [6, 6.07) is 7.13. The van der Waals surface area contributed by atoms with Gasteiger partial charge in [0.2, 0.25) is 11.8 Å². The van der Waals surface area contributed by atoms with E-state index in [0.29, 0.717) is 32.5 Å². The molecule has 0 saturated carbocycles. The molecule has 1 aromatic carbocycles. The second-order valence-corrected chi connectivity index (χ2v) is 6.95. The number of fused-ring (bicyclic) bond motifs is 1. The standard InChI is InChI=1S/C19H26FN3O2/c1-4-21-12-15(20)9-10-18(21)19(25)22-11-13(2)23(14(3)24)17-8-6-5-7-16(17)22/h5-8,13,15,18H,4,9-12H2,1-3H3/t13-,15?,18?/m0/s1. The first-order valence-corrected chi connectivity index (χ1v) is 9.02. The van der Waals surface area contributed by atoms with E-state index in [0.717, 1.165) is 11.4 Å². The predicted molar refractivity (Wildman–Crippen MR) is 96.6 cm³/mol. The van der Waals surface area contributed by atoms with E-state index in [1.807, 2.05) is 43.0 Å². The van der Waals surface area contributed by atoms with E-state index in [9.17, 15) is 14.0 Å². The lowest BCUT2D eigenvalue weighted by Crippen LogP contribution is -2.58. The Bertz CT molecular complexity index is 666. The Morgan fingerprint density at radius 1 is 1.16 bits per heavy atom. The number of piperidine rings is 1. The first-order chi connectivity index (χ1) is 11.9. The minimum atomic E-state index is -0.857. The number of carbonyl (C=O) groups excluding carboxylic acids is 2. The van der Waals surface area contributed by atoms with Crippen LogP contribution in [0.25, 0.3) is 0 Å².